The zero-order valence-electron chi connectivity index (χ0n) is 15.9. The van der Waals surface area contributed by atoms with Gasteiger partial charge < -0.3 is 9.47 Å². The molecule has 154 valence electrons. The van der Waals surface area contributed by atoms with Crippen molar-refractivity contribution in [3.05, 3.63) is 65.7 Å². The minimum atomic E-state index is -4.76. The Labute approximate surface area is 166 Å². The number of amides is 1. The van der Waals surface area contributed by atoms with Crippen molar-refractivity contribution >= 4 is 17.7 Å². The summed E-state index contributed by atoms with van der Waals surface area (Å²) in [7, 11) is 0. The van der Waals surface area contributed by atoms with Crippen molar-refractivity contribution in [2.75, 3.05) is 18.1 Å². The van der Waals surface area contributed by atoms with Crippen LogP contribution in [0.25, 0.3) is 0 Å². The highest BCUT2D eigenvalue weighted by Gasteiger charge is 2.52. The van der Waals surface area contributed by atoms with Crippen molar-refractivity contribution in [2.45, 2.75) is 31.5 Å². The fraction of sp³-hybridized carbons (Fsp3) is 0.333. The number of carbonyl (C=O) groups is 2. The third-order valence-corrected chi connectivity index (χ3v) is 4.87. The summed E-state index contributed by atoms with van der Waals surface area (Å²) in [5.74, 6) is -1.09. The van der Waals surface area contributed by atoms with Crippen LogP contribution in [0.3, 0.4) is 0 Å². The molecule has 0 saturated carbocycles. The van der Waals surface area contributed by atoms with Crippen LogP contribution in [0.4, 0.5) is 23.7 Å². The third-order valence-electron chi connectivity index (χ3n) is 4.87. The molecule has 1 aliphatic rings. The minimum absolute atomic E-state index is 0.0422. The van der Waals surface area contributed by atoms with Gasteiger partial charge in [0.15, 0.2) is 0 Å². The Morgan fingerprint density at radius 2 is 1.69 bits per heavy atom. The van der Waals surface area contributed by atoms with E-state index < -0.39 is 29.8 Å². The predicted octanol–water partition coefficient (Wildman–Crippen LogP) is 4.71. The summed E-state index contributed by atoms with van der Waals surface area (Å²) in [6, 6.07) is 13.7. The van der Waals surface area contributed by atoms with E-state index >= 15 is 0 Å². The van der Waals surface area contributed by atoms with Gasteiger partial charge in [-0.2, -0.15) is 13.2 Å². The van der Waals surface area contributed by atoms with Gasteiger partial charge in [0, 0.05) is 11.1 Å². The van der Waals surface area contributed by atoms with Crippen molar-refractivity contribution in [2.24, 2.45) is 0 Å². The second kappa shape index (κ2) is 7.77. The van der Waals surface area contributed by atoms with Gasteiger partial charge in [-0.25, -0.2) is 9.59 Å². The van der Waals surface area contributed by atoms with Gasteiger partial charge in [0.2, 0.25) is 6.10 Å². The largest absolute Gasteiger partial charge is 0.448 e. The Bertz CT molecular complexity index is 879. The first-order valence-electron chi connectivity index (χ1n) is 8.98. The number of nitrogens with zero attached hydrogens (tertiary/aromatic N) is 1. The molecular weight excluding hydrogens is 387 g/mol. The average Bonchev–Trinajstić information content (AvgIpc) is 3.11. The summed E-state index contributed by atoms with van der Waals surface area (Å²) < 4.78 is 51.0. The lowest BCUT2D eigenvalue weighted by Gasteiger charge is -2.35. The Balaban J connectivity index is 1.81. The molecule has 8 heteroatoms. The fourth-order valence-corrected chi connectivity index (χ4v) is 3.22. The van der Waals surface area contributed by atoms with Crippen molar-refractivity contribution < 1.29 is 32.2 Å². The zero-order chi connectivity index (χ0) is 21.2. The lowest BCUT2D eigenvalue weighted by Crippen LogP contribution is -2.47. The third kappa shape index (κ3) is 4.36. The standard InChI is InChI=1S/C21H20F3NO4/c1-20(2,15-6-4-3-5-7-15)18(21(22,23)24)29-17(26)14-8-10-16(11-9-14)25-12-13-28-19(25)27/h3-11,18H,12-13H2,1-2H3/t18-/m0/s1. The van der Waals surface area contributed by atoms with Crippen LogP contribution >= 0.6 is 0 Å². The summed E-state index contributed by atoms with van der Waals surface area (Å²) in [6.45, 7) is 3.39. The van der Waals surface area contributed by atoms with Crippen LogP contribution < -0.4 is 4.90 Å². The number of anilines is 1. The Morgan fingerprint density at radius 1 is 1.07 bits per heavy atom. The van der Waals surface area contributed by atoms with Gasteiger partial charge in [-0.15, -0.1) is 0 Å². The first kappa shape index (κ1) is 20.7. The molecule has 2 aromatic carbocycles. The van der Waals surface area contributed by atoms with Crippen molar-refractivity contribution in [3.8, 4) is 0 Å². The molecule has 3 rings (SSSR count). The molecule has 5 nitrogen and oxygen atoms in total. The second-order valence-corrected chi connectivity index (χ2v) is 7.23. The van der Waals surface area contributed by atoms with E-state index in [-0.39, 0.29) is 12.2 Å². The maximum absolute atomic E-state index is 13.8. The van der Waals surface area contributed by atoms with E-state index in [2.05, 4.69) is 0 Å². The molecule has 1 saturated heterocycles. The molecule has 0 N–H and O–H groups in total. The van der Waals surface area contributed by atoms with Crippen molar-refractivity contribution in [1.82, 2.24) is 0 Å². The normalized spacial score (nSPS) is 15.8. The SMILES string of the molecule is CC(C)(c1ccccc1)[C@H](OC(=O)c1ccc(N2CCOC2=O)cc1)C(F)(F)F. The molecule has 0 unspecified atom stereocenters. The van der Waals surface area contributed by atoms with E-state index in [1.807, 2.05) is 0 Å². The van der Waals surface area contributed by atoms with Crippen LogP contribution in [0.5, 0.6) is 0 Å². The summed E-state index contributed by atoms with van der Waals surface area (Å²) in [4.78, 5) is 25.4. The first-order valence-corrected chi connectivity index (χ1v) is 8.98. The van der Waals surface area contributed by atoms with Crippen LogP contribution in [-0.2, 0) is 14.9 Å². The van der Waals surface area contributed by atoms with Crippen LogP contribution in [0.2, 0.25) is 0 Å². The molecule has 0 radical (unpaired) electrons. The molecule has 29 heavy (non-hydrogen) atoms. The Morgan fingerprint density at radius 3 is 2.21 bits per heavy atom. The molecule has 1 amide bonds. The van der Waals surface area contributed by atoms with Gasteiger partial charge in [-0.1, -0.05) is 44.2 Å². The molecule has 1 aliphatic heterocycles. The number of esters is 1. The maximum atomic E-state index is 13.8. The number of ether oxygens (including phenoxy) is 2. The molecule has 0 aromatic heterocycles. The van der Waals surface area contributed by atoms with Crippen LogP contribution in [0.15, 0.2) is 54.6 Å². The minimum Gasteiger partial charge on any atom is -0.448 e. The van der Waals surface area contributed by atoms with E-state index in [0.717, 1.165) is 0 Å². The molecular formula is C21H20F3NO4. The summed E-state index contributed by atoms with van der Waals surface area (Å²) in [5.41, 5.74) is -0.646. The molecule has 1 heterocycles. The number of halogens is 3. The van der Waals surface area contributed by atoms with Crippen molar-refractivity contribution in [1.29, 1.82) is 0 Å². The average molecular weight is 407 g/mol. The summed E-state index contributed by atoms with van der Waals surface area (Å²) in [6.07, 6.45) is -7.60. The van der Waals surface area contributed by atoms with Crippen LogP contribution in [-0.4, -0.2) is 37.5 Å². The number of rotatable bonds is 5. The Hall–Kier alpha value is -3.03. The highest BCUT2D eigenvalue weighted by atomic mass is 19.4. The number of carbonyl (C=O) groups excluding carboxylic acids is 2. The Kier molecular flexibility index (Phi) is 5.55. The maximum Gasteiger partial charge on any atom is 0.426 e. The fourth-order valence-electron chi connectivity index (χ4n) is 3.22. The molecule has 2 aromatic rings. The van der Waals surface area contributed by atoms with E-state index in [4.69, 9.17) is 9.47 Å². The molecule has 0 spiro atoms. The molecule has 1 atom stereocenters. The number of hydrogen-bond acceptors (Lipinski definition) is 4. The molecule has 1 fully saturated rings. The van der Waals surface area contributed by atoms with E-state index in [9.17, 15) is 22.8 Å². The number of benzene rings is 2. The monoisotopic (exact) mass is 407 g/mol. The van der Waals surface area contributed by atoms with Gasteiger partial charge in [0.25, 0.3) is 0 Å². The van der Waals surface area contributed by atoms with Crippen LogP contribution in [0.1, 0.15) is 29.8 Å². The second-order valence-electron chi connectivity index (χ2n) is 7.23. The van der Waals surface area contributed by atoms with E-state index in [1.165, 1.54) is 43.0 Å². The van der Waals surface area contributed by atoms with Gasteiger partial charge in [-0.3, -0.25) is 4.90 Å². The summed E-state index contributed by atoms with van der Waals surface area (Å²) in [5, 5.41) is 0. The topological polar surface area (TPSA) is 55.8 Å². The van der Waals surface area contributed by atoms with Gasteiger partial charge in [0.1, 0.15) is 6.61 Å². The smallest absolute Gasteiger partial charge is 0.426 e. The quantitative estimate of drug-likeness (QED) is 0.674. The van der Waals surface area contributed by atoms with Gasteiger partial charge in [0.05, 0.1) is 12.1 Å². The number of hydrogen-bond donors (Lipinski definition) is 0. The summed E-state index contributed by atoms with van der Waals surface area (Å²) >= 11 is 0. The van der Waals surface area contributed by atoms with Gasteiger partial charge in [-0.05, 0) is 29.8 Å². The van der Waals surface area contributed by atoms with E-state index in [0.29, 0.717) is 17.8 Å². The van der Waals surface area contributed by atoms with Crippen molar-refractivity contribution in [3.63, 3.8) is 0 Å². The number of cyclic esters (lactones) is 1. The predicted molar refractivity (Wildman–Crippen MR) is 99.9 cm³/mol. The van der Waals surface area contributed by atoms with Gasteiger partial charge >= 0.3 is 18.2 Å². The zero-order valence-corrected chi connectivity index (χ0v) is 15.9. The highest BCUT2D eigenvalue weighted by molar-refractivity contribution is 5.92. The molecule has 0 aliphatic carbocycles. The van der Waals surface area contributed by atoms with E-state index in [1.54, 1.807) is 30.3 Å². The lowest BCUT2D eigenvalue weighted by molar-refractivity contribution is -0.221. The molecule has 0 bridgehead atoms. The number of alkyl halides is 3. The van der Waals surface area contributed by atoms with Crippen LogP contribution in [0, 0.1) is 0 Å². The first-order chi connectivity index (χ1) is 13.6. The highest BCUT2D eigenvalue weighted by Crippen LogP contribution is 2.39. The lowest BCUT2D eigenvalue weighted by atomic mass is 9.79.